The van der Waals surface area contributed by atoms with Gasteiger partial charge in [0.15, 0.2) is 0 Å². The Morgan fingerprint density at radius 1 is 0.897 bits per heavy atom. The molecule has 0 N–H and O–H groups in total. The van der Waals surface area contributed by atoms with Crippen molar-refractivity contribution >= 4 is 16.8 Å². The number of hydrogen-bond acceptors (Lipinski definition) is 3. The summed E-state index contributed by atoms with van der Waals surface area (Å²) in [7, 11) is 1.73. The molecule has 1 amide bonds. The number of carbonyl (C=O) groups is 1. The molecule has 0 aliphatic carbocycles. The van der Waals surface area contributed by atoms with E-state index in [1.54, 1.807) is 34.7 Å². The summed E-state index contributed by atoms with van der Waals surface area (Å²) < 4.78 is 1.60. The SMILES string of the molecule is CC(c1nc2ccccc2c(=O)n1-c1ccccc1)N(C)C(=O)c1ccccc1. The molecule has 0 spiro atoms. The van der Waals surface area contributed by atoms with Crippen molar-refractivity contribution < 1.29 is 4.79 Å². The fourth-order valence-corrected chi connectivity index (χ4v) is 3.39. The van der Waals surface area contributed by atoms with Gasteiger partial charge in [-0.1, -0.05) is 48.5 Å². The van der Waals surface area contributed by atoms with Crippen molar-refractivity contribution in [1.29, 1.82) is 0 Å². The van der Waals surface area contributed by atoms with E-state index < -0.39 is 6.04 Å². The first-order chi connectivity index (χ1) is 14.1. The fraction of sp³-hybridized carbons (Fsp3) is 0.125. The van der Waals surface area contributed by atoms with E-state index in [1.807, 2.05) is 73.7 Å². The number of aromatic nitrogens is 2. The van der Waals surface area contributed by atoms with E-state index in [0.717, 1.165) is 5.69 Å². The number of benzene rings is 3. The van der Waals surface area contributed by atoms with Crippen LogP contribution in [0.25, 0.3) is 16.6 Å². The summed E-state index contributed by atoms with van der Waals surface area (Å²) in [6.45, 7) is 1.89. The lowest BCUT2D eigenvalue weighted by atomic mass is 10.1. The summed E-state index contributed by atoms with van der Waals surface area (Å²) in [4.78, 5) is 32.7. The molecule has 0 radical (unpaired) electrons. The molecule has 5 heteroatoms. The second-order valence-electron chi connectivity index (χ2n) is 6.92. The summed E-state index contributed by atoms with van der Waals surface area (Å²) in [5.41, 5.74) is 1.78. The number of nitrogens with zero attached hydrogens (tertiary/aromatic N) is 3. The zero-order valence-electron chi connectivity index (χ0n) is 16.3. The van der Waals surface area contributed by atoms with Crippen LogP contribution in [0.15, 0.2) is 89.7 Å². The molecule has 3 aromatic carbocycles. The van der Waals surface area contributed by atoms with E-state index in [9.17, 15) is 9.59 Å². The summed E-state index contributed by atoms with van der Waals surface area (Å²) in [5.74, 6) is 0.395. The molecular weight excluding hydrogens is 362 g/mol. The van der Waals surface area contributed by atoms with Crippen LogP contribution in [-0.4, -0.2) is 27.4 Å². The summed E-state index contributed by atoms with van der Waals surface area (Å²) in [5, 5.41) is 0.546. The summed E-state index contributed by atoms with van der Waals surface area (Å²) in [6.07, 6.45) is 0. The molecule has 1 heterocycles. The third-order valence-electron chi connectivity index (χ3n) is 5.11. The molecule has 0 aliphatic rings. The standard InChI is InChI=1S/C24H21N3O2/c1-17(26(2)23(28)18-11-5-3-6-12-18)22-25-21-16-10-9-15-20(21)24(29)27(22)19-13-7-4-8-14-19/h3-17H,1-2H3. The average molecular weight is 383 g/mol. The molecule has 0 fully saturated rings. The molecule has 0 bridgehead atoms. The van der Waals surface area contributed by atoms with Gasteiger partial charge in [-0.25, -0.2) is 4.98 Å². The van der Waals surface area contributed by atoms with Gasteiger partial charge < -0.3 is 4.90 Å². The average Bonchev–Trinajstić information content (AvgIpc) is 2.78. The summed E-state index contributed by atoms with van der Waals surface area (Å²) >= 11 is 0. The zero-order valence-corrected chi connectivity index (χ0v) is 16.3. The van der Waals surface area contributed by atoms with Crippen LogP contribution in [0, 0.1) is 0 Å². The second-order valence-corrected chi connectivity index (χ2v) is 6.92. The maximum absolute atomic E-state index is 13.3. The third kappa shape index (κ3) is 3.43. The van der Waals surface area contributed by atoms with Crippen LogP contribution in [0.3, 0.4) is 0 Å². The Morgan fingerprint density at radius 3 is 2.17 bits per heavy atom. The van der Waals surface area contributed by atoms with Crippen molar-refractivity contribution in [1.82, 2.24) is 14.5 Å². The highest BCUT2D eigenvalue weighted by atomic mass is 16.2. The maximum Gasteiger partial charge on any atom is 0.266 e. The van der Waals surface area contributed by atoms with Crippen molar-refractivity contribution in [2.45, 2.75) is 13.0 Å². The Labute approximate surface area is 168 Å². The number of amides is 1. The lowest BCUT2D eigenvalue weighted by molar-refractivity contribution is 0.0735. The van der Waals surface area contributed by atoms with Crippen LogP contribution in [0.5, 0.6) is 0 Å². The molecule has 1 aromatic heterocycles. The molecule has 1 atom stereocenters. The Bertz CT molecular complexity index is 1220. The first-order valence-electron chi connectivity index (χ1n) is 9.47. The van der Waals surface area contributed by atoms with Crippen LogP contribution in [-0.2, 0) is 0 Å². The van der Waals surface area contributed by atoms with Gasteiger partial charge in [-0.2, -0.15) is 0 Å². The minimum absolute atomic E-state index is 0.125. The van der Waals surface area contributed by atoms with Gasteiger partial charge in [0.2, 0.25) is 0 Å². The van der Waals surface area contributed by atoms with E-state index in [1.165, 1.54) is 0 Å². The largest absolute Gasteiger partial charge is 0.332 e. The van der Waals surface area contributed by atoms with Gasteiger partial charge >= 0.3 is 0 Å². The highest BCUT2D eigenvalue weighted by Gasteiger charge is 2.24. The smallest absolute Gasteiger partial charge is 0.266 e. The topological polar surface area (TPSA) is 55.2 Å². The maximum atomic E-state index is 13.3. The van der Waals surface area contributed by atoms with Gasteiger partial charge in [-0.3, -0.25) is 14.2 Å². The highest BCUT2D eigenvalue weighted by molar-refractivity contribution is 5.94. The number of rotatable bonds is 4. The number of para-hydroxylation sites is 2. The normalized spacial score (nSPS) is 11.9. The van der Waals surface area contributed by atoms with Crippen molar-refractivity contribution in [3.05, 3.63) is 107 Å². The van der Waals surface area contributed by atoms with Gasteiger partial charge in [0.1, 0.15) is 5.82 Å². The Morgan fingerprint density at radius 2 is 1.48 bits per heavy atom. The monoisotopic (exact) mass is 383 g/mol. The lowest BCUT2D eigenvalue weighted by Crippen LogP contribution is -2.34. The highest BCUT2D eigenvalue weighted by Crippen LogP contribution is 2.23. The van der Waals surface area contributed by atoms with E-state index in [0.29, 0.717) is 22.3 Å². The fourth-order valence-electron chi connectivity index (χ4n) is 3.39. The molecule has 29 heavy (non-hydrogen) atoms. The lowest BCUT2D eigenvalue weighted by Gasteiger charge is -2.27. The van der Waals surface area contributed by atoms with Crippen molar-refractivity contribution in [2.24, 2.45) is 0 Å². The van der Waals surface area contributed by atoms with Crippen LogP contribution in [0.4, 0.5) is 0 Å². The third-order valence-corrected chi connectivity index (χ3v) is 5.11. The van der Waals surface area contributed by atoms with E-state index in [2.05, 4.69) is 0 Å². The van der Waals surface area contributed by atoms with Crippen LogP contribution >= 0.6 is 0 Å². The first-order valence-corrected chi connectivity index (χ1v) is 9.47. The van der Waals surface area contributed by atoms with Crippen molar-refractivity contribution in [2.75, 3.05) is 7.05 Å². The molecule has 5 nitrogen and oxygen atoms in total. The molecule has 4 aromatic rings. The molecule has 0 aliphatic heterocycles. The van der Waals surface area contributed by atoms with E-state index >= 15 is 0 Å². The van der Waals surface area contributed by atoms with E-state index in [4.69, 9.17) is 4.98 Å². The van der Waals surface area contributed by atoms with Crippen molar-refractivity contribution in [3.8, 4) is 5.69 Å². The first kappa shape index (κ1) is 18.6. The second kappa shape index (κ2) is 7.72. The van der Waals surface area contributed by atoms with Gasteiger partial charge in [-0.05, 0) is 43.3 Å². The molecule has 4 rings (SSSR count). The molecule has 0 saturated carbocycles. The minimum Gasteiger partial charge on any atom is -0.332 e. The van der Waals surface area contributed by atoms with Crippen LogP contribution < -0.4 is 5.56 Å². The predicted octanol–water partition coefficient (Wildman–Crippen LogP) is 4.22. The van der Waals surface area contributed by atoms with Crippen molar-refractivity contribution in [3.63, 3.8) is 0 Å². The van der Waals surface area contributed by atoms with Crippen LogP contribution in [0.2, 0.25) is 0 Å². The molecule has 1 unspecified atom stereocenters. The molecule has 0 saturated heterocycles. The number of hydrogen-bond donors (Lipinski definition) is 0. The van der Waals surface area contributed by atoms with Gasteiger partial charge in [0, 0.05) is 12.6 Å². The zero-order chi connectivity index (χ0) is 20.4. The van der Waals surface area contributed by atoms with Crippen LogP contribution in [0.1, 0.15) is 29.1 Å². The van der Waals surface area contributed by atoms with Gasteiger partial charge in [-0.15, -0.1) is 0 Å². The Hall–Kier alpha value is -3.73. The van der Waals surface area contributed by atoms with Gasteiger partial charge in [0.25, 0.3) is 11.5 Å². The Balaban J connectivity index is 1.88. The number of fused-ring (bicyclic) bond motifs is 1. The molecule has 144 valence electrons. The summed E-state index contributed by atoms with van der Waals surface area (Å²) in [6, 6.07) is 25.4. The molecular formula is C24H21N3O2. The minimum atomic E-state index is -0.416. The van der Waals surface area contributed by atoms with E-state index in [-0.39, 0.29) is 11.5 Å². The van der Waals surface area contributed by atoms with Gasteiger partial charge in [0.05, 0.1) is 22.6 Å². The Kier molecular flexibility index (Phi) is 4.96. The predicted molar refractivity (Wildman–Crippen MR) is 114 cm³/mol. The quantitative estimate of drug-likeness (QED) is 0.530. The number of carbonyl (C=O) groups excluding carboxylic acids is 1.